The molecule has 0 radical (unpaired) electrons. The highest BCUT2D eigenvalue weighted by Crippen LogP contribution is 2.19. The summed E-state index contributed by atoms with van der Waals surface area (Å²) in [6.07, 6.45) is 1.96. The molecule has 1 N–H and O–H groups in total. The van der Waals surface area contributed by atoms with Crippen molar-refractivity contribution in [2.75, 3.05) is 20.2 Å². The summed E-state index contributed by atoms with van der Waals surface area (Å²) >= 11 is 0. The maximum absolute atomic E-state index is 11.6. The Balaban J connectivity index is 1.92. The van der Waals surface area contributed by atoms with Crippen LogP contribution in [-0.2, 0) is 22.7 Å². The van der Waals surface area contributed by atoms with Crippen molar-refractivity contribution in [2.24, 2.45) is 5.92 Å². The number of methoxy groups -OCH3 is 1. The summed E-state index contributed by atoms with van der Waals surface area (Å²) in [5, 5.41) is 9.01. The van der Waals surface area contributed by atoms with E-state index in [0.717, 1.165) is 38.0 Å². The molecule has 0 saturated carbocycles. The largest absolute Gasteiger partial charge is 0.469 e. The van der Waals surface area contributed by atoms with Crippen LogP contribution in [-0.4, -0.2) is 36.2 Å². The van der Waals surface area contributed by atoms with Crippen LogP contribution in [0.5, 0.6) is 0 Å². The van der Waals surface area contributed by atoms with Crippen LogP contribution in [0.15, 0.2) is 24.3 Å². The minimum Gasteiger partial charge on any atom is -0.469 e. The van der Waals surface area contributed by atoms with Crippen LogP contribution in [0.3, 0.4) is 0 Å². The fourth-order valence-electron chi connectivity index (χ4n) is 2.57. The molecule has 1 aliphatic heterocycles. The van der Waals surface area contributed by atoms with Gasteiger partial charge in [-0.15, -0.1) is 0 Å². The van der Waals surface area contributed by atoms with Gasteiger partial charge in [-0.3, -0.25) is 9.69 Å². The molecule has 4 nitrogen and oxygen atoms in total. The number of aliphatic hydroxyl groups excluding tert-OH is 1. The Labute approximate surface area is 114 Å². The molecule has 1 unspecified atom stereocenters. The maximum Gasteiger partial charge on any atom is 0.309 e. The first-order chi connectivity index (χ1) is 9.22. The monoisotopic (exact) mass is 263 g/mol. The lowest BCUT2D eigenvalue weighted by Gasteiger charge is -2.31. The lowest BCUT2D eigenvalue weighted by Crippen LogP contribution is -2.38. The van der Waals surface area contributed by atoms with Gasteiger partial charge in [0.05, 0.1) is 19.6 Å². The number of hydrogen-bond donors (Lipinski definition) is 1. The Morgan fingerprint density at radius 3 is 2.68 bits per heavy atom. The number of nitrogens with zero attached hydrogens (tertiary/aromatic N) is 1. The molecule has 0 aliphatic carbocycles. The van der Waals surface area contributed by atoms with Crippen LogP contribution >= 0.6 is 0 Å². The standard InChI is InChI=1S/C15H21NO3/c1-19-15(18)14-3-2-8-16(10-14)9-12-4-6-13(11-17)7-5-12/h4-7,14,17H,2-3,8-11H2,1H3. The van der Waals surface area contributed by atoms with Crippen molar-refractivity contribution in [2.45, 2.75) is 26.0 Å². The first-order valence-electron chi connectivity index (χ1n) is 6.72. The SMILES string of the molecule is COC(=O)C1CCCN(Cc2ccc(CO)cc2)C1. The number of benzene rings is 1. The number of likely N-dealkylation sites (tertiary alicyclic amines) is 1. The highest BCUT2D eigenvalue weighted by Gasteiger charge is 2.26. The van der Waals surface area contributed by atoms with Crippen molar-refractivity contribution in [3.8, 4) is 0 Å². The van der Waals surface area contributed by atoms with E-state index in [2.05, 4.69) is 4.90 Å². The molecule has 0 spiro atoms. The van der Waals surface area contributed by atoms with Crippen molar-refractivity contribution in [3.63, 3.8) is 0 Å². The summed E-state index contributed by atoms with van der Waals surface area (Å²) in [6.45, 7) is 2.72. The second-order valence-corrected chi connectivity index (χ2v) is 5.07. The summed E-state index contributed by atoms with van der Waals surface area (Å²) in [7, 11) is 1.45. The van der Waals surface area contributed by atoms with E-state index in [0.29, 0.717) is 0 Å². The molecule has 19 heavy (non-hydrogen) atoms. The van der Waals surface area contributed by atoms with Gasteiger partial charge in [0.25, 0.3) is 0 Å². The lowest BCUT2D eigenvalue weighted by atomic mass is 9.97. The van der Waals surface area contributed by atoms with Crippen molar-refractivity contribution >= 4 is 5.97 Å². The molecule has 104 valence electrons. The predicted molar refractivity (Wildman–Crippen MR) is 72.4 cm³/mol. The Morgan fingerprint density at radius 1 is 1.37 bits per heavy atom. The van der Waals surface area contributed by atoms with E-state index in [1.165, 1.54) is 12.7 Å². The van der Waals surface area contributed by atoms with Gasteiger partial charge in [0.1, 0.15) is 0 Å². The van der Waals surface area contributed by atoms with E-state index >= 15 is 0 Å². The number of hydrogen-bond acceptors (Lipinski definition) is 4. The van der Waals surface area contributed by atoms with Crippen LogP contribution < -0.4 is 0 Å². The number of aliphatic hydroxyl groups is 1. The zero-order valence-corrected chi connectivity index (χ0v) is 11.3. The number of esters is 1. The Hall–Kier alpha value is -1.39. The smallest absolute Gasteiger partial charge is 0.309 e. The molecular weight excluding hydrogens is 242 g/mol. The quantitative estimate of drug-likeness (QED) is 0.838. The number of carbonyl (C=O) groups is 1. The average molecular weight is 263 g/mol. The molecular formula is C15H21NO3. The molecule has 1 atom stereocenters. The summed E-state index contributed by atoms with van der Waals surface area (Å²) in [4.78, 5) is 13.9. The first-order valence-corrected chi connectivity index (χ1v) is 6.72. The van der Waals surface area contributed by atoms with Crippen molar-refractivity contribution < 1.29 is 14.6 Å². The molecule has 0 bridgehead atoms. The topological polar surface area (TPSA) is 49.8 Å². The first kappa shape index (κ1) is 14.0. The molecule has 1 aliphatic rings. The minimum atomic E-state index is -0.0969. The normalized spacial score (nSPS) is 20.2. The number of rotatable bonds is 4. The fourth-order valence-corrected chi connectivity index (χ4v) is 2.57. The van der Waals surface area contributed by atoms with Gasteiger partial charge in [0.15, 0.2) is 0 Å². The maximum atomic E-state index is 11.6. The molecule has 1 aromatic rings. The van der Waals surface area contributed by atoms with Crippen LogP contribution in [0.4, 0.5) is 0 Å². The molecule has 2 rings (SSSR count). The zero-order chi connectivity index (χ0) is 13.7. The van der Waals surface area contributed by atoms with Gasteiger partial charge in [-0.05, 0) is 30.5 Å². The summed E-state index contributed by atoms with van der Waals surface area (Å²) in [6, 6.07) is 7.95. The summed E-state index contributed by atoms with van der Waals surface area (Å²) in [5.41, 5.74) is 2.14. The second kappa shape index (κ2) is 6.68. The van der Waals surface area contributed by atoms with Gasteiger partial charge >= 0.3 is 5.97 Å². The van der Waals surface area contributed by atoms with E-state index in [1.54, 1.807) is 0 Å². The molecule has 0 aromatic heterocycles. The average Bonchev–Trinajstić information content (AvgIpc) is 2.47. The van der Waals surface area contributed by atoms with E-state index in [1.807, 2.05) is 24.3 Å². The van der Waals surface area contributed by atoms with E-state index < -0.39 is 0 Å². The summed E-state index contributed by atoms with van der Waals surface area (Å²) in [5.74, 6) is -0.0872. The summed E-state index contributed by atoms with van der Waals surface area (Å²) < 4.78 is 4.83. The molecule has 1 fully saturated rings. The Kier molecular flexibility index (Phi) is 4.93. The highest BCUT2D eigenvalue weighted by molar-refractivity contribution is 5.72. The third-order valence-corrected chi connectivity index (χ3v) is 3.65. The van der Waals surface area contributed by atoms with Crippen LogP contribution in [0, 0.1) is 5.92 Å². The van der Waals surface area contributed by atoms with E-state index in [9.17, 15) is 4.79 Å². The predicted octanol–water partition coefficient (Wildman–Crippen LogP) is 1.56. The van der Waals surface area contributed by atoms with Crippen LogP contribution in [0.25, 0.3) is 0 Å². The van der Waals surface area contributed by atoms with Gasteiger partial charge in [0, 0.05) is 13.1 Å². The fraction of sp³-hybridized carbons (Fsp3) is 0.533. The molecule has 0 amide bonds. The van der Waals surface area contributed by atoms with Gasteiger partial charge in [-0.1, -0.05) is 24.3 Å². The minimum absolute atomic E-state index is 0.00969. The molecule has 1 aromatic carbocycles. The van der Waals surface area contributed by atoms with E-state index in [-0.39, 0.29) is 18.5 Å². The third-order valence-electron chi connectivity index (χ3n) is 3.65. The van der Waals surface area contributed by atoms with Crippen LogP contribution in [0.2, 0.25) is 0 Å². The molecule has 4 heteroatoms. The van der Waals surface area contributed by atoms with E-state index in [4.69, 9.17) is 9.84 Å². The molecule has 1 heterocycles. The second-order valence-electron chi connectivity index (χ2n) is 5.07. The lowest BCUT2D eigenvalue weighted by molar-refractivity contribution is -0.147. The molecule has 1 saturated heterocycles. The number of ether oxygens (including phenoxy) is 1. The van der Waals surface area contributed by atoms with Crippen molar-refractivity contribution in [1.82, 2.24) is 4.90 Å². The Morgan fingerprint density at radius 2 is 2.05 bits per heavy atom. The van der Waals surface area contributed by atoms with Gasteiger partial charge in [-0.25, -0.2) is 0 Å². The van der Waals surface area contributed by atoms with Gasteiger partial charge < -0.3 is 9.84 Å². The Bertz CT molecular complexity index is 416. The van der Waals surface area contributed by atoms with Crippen molar-refractivity contribution in [1.29, 1.82) is 0 Å². The zero-order valence-electron chi connectivity index (χ0n) is 11.3. The highest BCUT2D eigenvalue weighted by atomic mass is 16.5. The van der Waals surface area contributed by atoms with Gasteiger partial charge in [0.2, 0.25) is 0 Å². The number of carbonyl (C=O) groups excluding carboxylic acids is 1. The van der Waals surface area contributed by atoms with Crippen molar-refractivity contribution in [3.05, 3.63) is 35.4 Å². The van der Waals surface area contributed by atoms with Gasteiger partial charge in [-0.2, -0.15) is 0 Å². The van der Waals surface area contributed by atoms with Crippen LogP contribution in [0.1, 0.15) is 24.0 Å². The third kappa shape index (κ3) is 3.78. The number of piperidine rings is 1.